The Morgan fingerprint density at radius 3 is 2.34 bits per heavy atom. The molecule has 0 aliphatic heterocycles. The van der Waals surface area contributed by atoms with E-state index in [0.29, 0.717) is 11.6 Å². The van der Waals surface area contributed by atoms with E-state index in [2.05, 4.69) is 5.32 Å². The van der Waals surface area contributed by atoms with Crippen molar-refractivity contribution in [3.8, 4) is 0 Å². The van der Waals surface area contributed by atoms with E-state index in [-0.39, 0.29) is 36.2 Å². The van der Waals surface area contributed by atoms with Gasteiger partial charge in [-0.05, 0) is 66.6 Å². The SMILES string of the molecule is CCc1cc(C(F)(C(C)(F)F)C(F)(F)F)cc(C)c1NC(=O)c1ccc2c(c1)CC[C@H]2N. The second kappa shape index (κ2) is 8.10. The summed E-state index contributed by atoms with van der Waals surface area (Å²) in [6, 6.07) is 6.44. The molecule has 0 heterocycles. The van der Waals surface area contributed by atoms with Gasteiger partial charge in [-0.2, -0.15) is 13.2 Å². The van der Waals surface area contributed by atoms with Crippen molar-refractivity contribution in [2.45, 2.75) is 63.8 Å². The summed E-state index contributed by atoms with van der Waals surface area (Å²) >= 11 is 0. The largest absolute Gasteiger partial charge is 0.432 e. The van der Waals surface area contributed by atoms with Crippen LogP contribution in [0.2, 0.25) is 0 Å². The average Bonchev–Trinajstić information content (AvgIpc) is 3.07. The highest BCUT2D eigenvalue weighted by Gasteiger charge is 2.70. The molecule has 2 aromatic carbocycles. The standard InChI is InChI=1S/C23H24F6N2O/c1-4-13-11-16(22(26,21(3,24)25)23(27,28)29)9-12(2)19(13)31-20(32)15-5-7-17-14(10-15)6-8-18(17)30/h5,7,9-11,18H,4,6,8,30H2,1-3H3,(H,31,32)/t18-,22?/m1/s1. The van der Waals surface area contributed by atoms with Crippen molar-refractivity contribution in [3.05, 3.63) is 63.7 Å². The van der Waals surface area contributed by atoms with Gasteiger partial charge in [0.05, 0.1) is 0 Å². The van der Waals surface area contributed by atoms with Gasteiger partial charge < -0.3 is 11.1 Å². The minimum atomic E-state index is -5.83. The molecule has 32 heavy (non-hydrogen) atoms. The fourth-order valence-electron chi connectivity index (χ4n) is 4.16. The zero-order chi connectivity index (χ0) is 24.1. The lowest BCUT2D eigenvalue weighted by atomic mass is 9.86. The minimum absolute atomic E-state index is 0.0476. The van der Waals surface area contributed by atoms with Gasteiger partial charge in [0, 0.05) is 29.8 Å². The quantitative estimate of drug-likeness (QED) is 0.529. The van der Waals surface area contributed by atoms with Crippen molar-refractivity contribution in [1.29, 1.82) is 0 Å². The number of fused-ring (bicyclic) bond motifs is 1. The summed E-state index contributed by atoms with van der Waals surface area (Å²) in [5, 5.41) is 2.64. The summed E-state index contributed by atoms with van der Waals surface area (Å²) in [5.41, 5.74) is 2.51. The van der Waals surface area contributed by atoms with Gasteiger partial charge in [-0.1, -0.05) is 19.1 Å². The Morgan fingerprint density at radius 1 is 1.12 bits per heavy atom. The summed E-state index contributed by atoms with van der Waals surface area (Å²) in [4.78, 5) is 12.8. The van der Waals surface area contributed by atoms with Gasteiger partial charge in [0.1, 0.15) is 0 Å². The molecule has 0 saturated heterocycles. The van der Waals surface area contributed by atoms with Crippen LogP contribution in [0.4, 0.5) is 32.0 Å². The molecule has 3 rings (SSSR count). The molecule has 0 spiro atoms. The average molecular weight is 458 g/mol. The van der Waals surface area contributed by atoms with E-state index in [1.165, 1.54) is 6.92 Å². The lowest BCUT2D eigenvalue weighted by Crippen LogP contribution is -2.51. The predicted molar refractivity (Wildman–Crippen MR) is 110 cm³/mol. The number of carbonyl (C=O) groups excluding carboxylic acids is 1. The fourth-order valence-corrected chi connectivity index (χ4v) is 4.16. The molecule has 0 fully saturated rings. The molecule has 0 radical (unpaired) electrons. The van der Waals surface area contributed by atoms with E-state index in [1.54, 1.807) is 25.1 Å². The Kier molecular flexibility index (Phi) is 6.10. The van der Waals surface area contributed by atoms with Crippen LogP contribution in [0.3, 0.4) is 0 Å². The first kappa shape index (κ1) is 24.1. The first-order chi connectivity index (χ1) is 14.7. The fraction of sp³-hybridized carbons (Fsp3) is 0.435. The van der Waals surface area contributed by atoms with Crippen LogP contribution in [-0.4, -0.2) is 18.0 Å². The van der Waals surface area contributed by atoms with E-state index >= 15 is 0 Å². The van der Waals surface area contributed by atoms with Crippen LogP contribution in [0.1, 0.15) is 64.5 Å². The summed E-state index contributed by atoms with van der Waals surface area (Å²) in [6.45, 7) is 2.81. The number of alkyl halides is 6. The lowest BCUT2D eigenvalue weighted by molar-refractivity contribution is -0.304. The van der Waals surface area contributed by atoms with Gasteiger partial charge in [0.2, 0.25) is 0 Å². The molecule has 1 unspecified atom stereocenters. The number of hydrogen-bond acceptors (Lipinski definition) is 2. The molecular formula is C23H24F6N2O. The summed E-state index contributed by atoms with van der Waals surface area (Å²) in [7, 11) is 0. The highest BCUT2D eigenvalue weighted by Crippen LogP contribution is 2.53. The van der Waals surface area contributed by atoms with Crippen LogP contribution in [0.5, 0.6) is 0 Å². The molecule has 1 amide bonds. The number of rotatable bonds is 5. The van der Waals surface area contributed by atoms with Gasteiger partial charge in [-0.3, -0.25) is 4.79 Å². The Bertz CT molecular complexity index is 1030. The van der Waals surface area contributed by atoms with Crippen molar-refractivity contribution >= 4 is 11.6 Å². The third kappa shape index (κ3) is 3.98. The number of aryl methyl sites for hydroxylation is 3. The maximum atomic E-state index is 14.9. The van der Waals surface area contributed by atoms with E-state index in [1.807, 2.05) is 0 Å². The summed E-state index contributed by atoms with van der Waals surface area (Å²) < 4.78 is 82.7. The molecule has 0 saturated carbocycles. The highest BCUT2D eigenvalue weighted by molar-refractivity contribution is 6.05. The van der Waals surface area contributed by atoms with Crippen LogP contribution >= 0.6 is 0 Å². The van der Waals surface area contributed by atoms with Gasteiger partial charge in [0.25, 0.3) is 17.5 Å². The topological polar surface area (TPSA) is 55.1 Å². The molecular weight excluding hydrogens is 434 g/mol. The molecule has 0 bridgehead atoms. The highest BCUT2D eigenvalue weighted by atomic mass is 19.4. The third-order valence-corrected chi connectivity index (χ3v) is 5.96. The van der Waals surface area contributed by atoms with Crippen molar-refractivity contribution in [2.75, 3.05) is 5.32 Å². The zero-order valence-corrected chi connectivity index (χ0v) is 17.8. The van der Waals surface area contributed by atoms with Crippen molar-refractivity contribution in [2.24, 2.45) is 5.73 Å². The van der Waals surface area contributed by atoms with Crippen molar-refractivity contribution in [1.82, 2.24) is 0 Å². The second-order valence-corrected chi connectivity index (χ2v) is 8.24. The van der Waals surface area contributed by atoms with Crippen molar-refractivity contribution < 1.29 is 31.1 Å². The minimum Gasteiger partial charge on any atom is -0.324 e. The number of nitrogens with two attached hydrogens (primary N) is 1. The van der Waals surface area contributed by atoms with E-state index < -0.39 is 29.2 Å². The number of hydrogen-bond donors (Lipinski definition) is 2. The van der Waals surface area contributed by atoms with Crippen LogP contribution in [0.15, 0.2) is 30.3 Å². The number of benzene rings is 2. The van der Waals surface area contributed by atoms with Crippen LogP contribution in [0.25, 0.3) is 0 Å². The Labute approximate surface area is 182 Å². The van der Waals surface area contributed by atoms with Gasteiger partial charge in [-0.25, -0.2) is 13.2 Å². The summed E-state index contributed by atoms with van der Waals surface area (Å²) in [5.74, 6) is -5.22. The first-order valence-corrected chi connectivity index (χ1v) is 10.2. The van der Waals surface area contributed by atoms with Gasteiger partial charge >= 0.3 is 6.18 Å². The number of anilines is 1. The smallest absolute Gasteiger partial charge is 0.324 e. The van der Waals surface area contributed by atoms with Crippen LogP contribution in [-0.2, 0) is 18.5 Å². The van der Waals surface area contributed by atoms with Crippen molar-refractivity contribution in [3.63, 3.8) is 0 Å². The van der Waals surface area contributed by atoms with Crippen LogP contribution in [0, 0.1) is 6.92 Å². The molecule has 3 N–H and O–H groups in total. The first-order valence-electron chi connectivity index (χ1n) is 10.2. The molecule has 2 aromatic rings. The van der Waals surface area contributed by atoms with E-state index in [4.69, 9.17) is 5.73 Å². The number of amides is 1. The van der Waals surface area contributed by atoms with E-state index in [0.717, 1.165) is 30.0 Å². The number of halogens is 6. The number of nitrogens with one attached hydrogen (secondary N) is 1. The third-order valence-electron chi connectivity index (χ3n) is 5.96. The normalized spacial score (nSPS) is 18.2. The van der Waals surface area contributed by atoms with E-state index in [9.17, 15) is 31.1 Å². The molecule has 1 aliphatic rings. The molecule has 3 nitrogen and oxygen atoms in total. The zero-order valence-electron chi connectivity index (χ0n) is 17.8. The predicted octanol–water partition coefficient (Wildman–Crippen LogP) is 6.14. The Hall–Kier alpha value is -2.55. The second-order valence-electron chi connectivity index (χ2n) is 8.24. The molecule has 2 atom stereocenters. The molecule has 0 aromatic heterocycles. The van der Waals surface area contributed by atoms with Crippen LogP contribution < -0.4 is 11.1 Å². The van der Waals surface area contributed by atoms with Gasteiger partial charge in [0.15, 0.2) is 0 Å². The molecule has 1 aliphatic carbocycles. The number of carbonyl (C=O) groups is 1. The Morgan fingerprint density at radius 2 is 1.78 bits per heavy atom. The summed E-state index contributed by atoms with van der Waals surface area (Å²) in [6.07, 6.45) is -4.24. The molecule has 174 valence electrons. The molecule has 9 heteroatoms. The monoisotopic (exact) mass is 458 g/mol. The lowest BCUT2D eigenvalue weighted by Gasteiger charge is -2.34. The maximum Gasteiger partial charge on any atom is 0.432 e. The Balaban J connectivity index is 2.00. The van der Waals surface area contributed by atoms with Gasteiger partial charge in [-0.15, -0.1) is 0 Å². The maximum absolute atomic E-state index is 14.9.